The molecule has 3 aromatic rings. The Hall–Kier alpha value is -2.91. The van der Waals surface area contributed by atoms with Crippen LogP contribution in [-0.4, -0.2) is 30.1 Å². The number of benzene rings is 2. The molecule has 0 aliphatic rings. The summed E-state index contributed by atoms with van der Waals surface area (Å²) in [7, 11) is 3.33. The van der Waals surface area contributed by atoms with Crippen LogP contribution in [-0.2, 0) is 25.9 Å². The molecule has 0 unspecified atom stereocenters. The molecule has 2 aromatic carbocycles. The van der Waals surface area contributed by atoms with Crippen LogP contribution in [0.4, 0.5) is 0 Å². The SMILES string of the molecule is CC(=O)/C=C(/C)O.COc1ccnc(-c2[c-]cc(OC)cc2-c2c(C)cc(C)cc2C)c1.[Pt]. The van der Waals surface area contributed by atoms with Gasteiger partial charge in [0, 0.05) is 39.1 Å². The van der Waals surface area contributed by atoms with Gasteiger partial charge in [0.25, 0.3) is 0 Å². The van der Waals surface area contributed by atoms with Crippen LogP contribution in [0.2, 0.25) is 0 Å². The third-order valence-electron chi connectivity index (χ3n) is 4.73. The molecule has 0 saturated heterocycles. The number of aromatic nitrogens is 1. The molecule has 0 radical (unpaired) electrons. The summed E-state index contributed by atoms with van der Waals surface area (Å²) in [5, 5.41) is 8.36. The van der Waals surface area contributed by atoms with Gasteiger partial charge in [0.2, 0.25) is 0 Å². The molecule has 0 aliphatic carbocycles. The fourth-order valence-electron chi connectivity index (χ4n) is 3.58. The summed E-state index contributed by atoms with van der Waals surface area (Å²) >= 11 is 0. The molecule has 5 nitrogen and oxygen atoms in total. The molecule has 0 spiro atoms. The summed E-state index contributed by atoms with van der Waals surface area (Å²) in [6.07, 6.45) is 2.92. The zero-order chi connectivity index (χ0) is 23.8. The van der Waals surface area contributed by atoms with Gasteiger partial charge in [-0.1, -0.05) is 46.0 Å². The summed E-state index contributed by atoms with van der Waals surface area (Å²) in [4.78, 5) is 14.5. The van der Waals surface area contributed by atoms with Crippen molar-refractivity contribution in [3.63, 3.8) is 0 Å². The Morgan fingerprint density at radius 1 is 1.00 bits per heavy atom. The minimum Gasteiger partial charge on any atom is -0.540 e. The summed E-state index contributed by atoms with van der Waals surface area (Å²) < 4.78 is 10.8. The number of nitrogens with zero attached hydrogens (tertiary/aromatic N) is 1. The normalized spacial score (nSPS) is 10.5. The Kier molecular flexibility index (Phi) is 11.0. The average Bonchev–Trinajstić information content (AvgIpc) is 2.72. The average molecular weight is 628 g/mol. The van der Waals surface area contributed by atoms with Crippen molar-refractivity contribution < 1.29 is 40.4 Å². The standard InChI is InChI=1S/C22H22NO2.C5H8O2.Pt/c1-14-10-15(2)22(16(3)11-14)20-12-17(24-4)6-7-19(20)21-13-18(25-5)8-9-23-21;1-4(6)3-5(2)7;/h6,8-13H,1-5H3;3,6H,1-2H3;/q-1;;/b;4-3-;. The van der Waals surface area contributed by atoms with Gasteiger partial charge in [-0.25, -0.2) is 0 Å². The molecule has 178 valence electrons. The van der Waals surface area contributed by atoms with Gasteiger partial charge in [0.1, 0.15) is 5.75 Å². The van der Waals surface area contributed by atoms with Crippen molar-refractivity contribution in [1.29, 1.82) is 0 Å². The van der Waals surface area contributed by atoms with Crippen molar-refractivity contribution in [3.05, 3.63) is 77.2 Å². The van der Waals surface area contributed by atoms with Crippen molar-refractivity contribution in [2.45, 2.75) is 34.6 Å². The van der Waals surface area contributed by atoms with Crippen LogP contribution in [0, 0.1) is 26.8 Å². The Labute approximate surface area is 210 Å². The van der Waals surface area contributed by atoms with Crippen molar-refractivity contribution in [2.75, 3.05) is 14.2 Å². The third kappa shape index (κ3) is 7.87. The van der Waals surface area contributed by atoms with Crippen LogP contribution in [0.1, 0.15) is 30.5 Å². The zero-order valence-corrected chi connectivity index (χ0v) is 22.3. The first kappa shape index (κ1) is 28.1. The number of carbonyl (C=O) groups is 1. The second-order valence-corrected chi connectivity index (χ2v) is 7.58. The third-order valence-corrected chi connectivity index (χ3v) is 4.73. The topological polar surface area (TPSA) is 68.7 Å². The molecule has 0 saturated carbocycles. The first-order valence-corrected chi connectivity index (χ1v) is 10.2. The summed E-state index contributed by atoms with van der Waals surface area (Å²) in [5.41, 5.74) is 7.74. The molecule has 0 aliphatic heterocycles. The summed E-state index contributed by atoms with van der Waals surface area (Å²) in [5.74, 6) is 1.49. The van der Waals surface area contributed by atoms with E-state index in [1.807, 2.05) is 18.2 Å². The first-order chi connectivity index (χ1) is 15.2. The van der Waals surface area contributed by atoms with Crippen LogP contribution < -0.4 is 9.47 Å². The molecule has 0 amide bonds. The number of aryl methyl sites for hydroxylation is 3. The Bertz CT molecular complexity index is 1110. The van der Waals surface area contributed by atoms with E-state index in [1.165, 1.54) is 42.2 Å². The van der Waals surface area contributed by atoms with Crippen LogP contribution in [0.15, 0.2) is 54.4 Å². The molecular weight excluding hydrogens is 597 g/mol. The molecule has 3 rings (SSSR count). The maximum absolute atomic E-state index is 10.0. The fraction of sp³-hybridized carbons (Fsp3) is 0.259. The number of ketones is 1. The van der Waals surface area contributed by atoms with Gasteiger partial charge in [-0.3, -0.25) is 4.79 Å². The van der Waals surface area contributed by atoms with Gasteiger partial charge < -0.3 is 19.6 Å². The number of methoxy groups -OCH3 is 2. The van der Waals surface area contributed by atoms with Crippen molar-refractivity contribution in [3.8, 4) is 33.9 Å². The molecule has 0 bridgehead atoms. The van der Waals surface area contributed by atoms with Crippen molar-refractivity contribution >= 4 is 5.78 Å². The summed E-state index contributed by atoms with van der Waals surface area (Å²) in [6, 6.07) is 15.4. The zero-order valence-electron chi connectivity index (χ0n) is 20.1. The Balaban J connectivity index is 0.000000595. The number of rotatable bonds is 5. The molecule has 1 aromatic heterocycles. The van der Waals surface area contributed by atoms with Crippen molar-refractivity contribution in [2.24, 2.45) is 0 Å². The Morgan fingerprint density at radius 2 is 1.61 bits per heavy atom. The second-order valence-electron chi connectivity index (χ2n) is 7.58. The van der Waals surface area contributed by atoms with Crippen LogP contribution >= 0.6 is 0 Å². The van der Waals surface area contributed by atoms with E-state index in [0.717, 1.165) is 28.3 Å². The molecule has 0 atom stereocenters. The smallest absolute Gasteiger partial charge is 0.155 e. The quantitative estimate of drug-likeness (QED) is 0.208. The van der Waals surface area contributed by atoms with E-state index < -0.39 is 0 Å². The van der Waals surface area contributed by atoms with Gasteiger partial charge in [-0.05, 0) is 52.4 Å². The molecule has 33 heavy (non-hydrogen) atoms. The number of aliphatic hydroxyl groups is 1. The van der Waals surface area contributed by atoms with E-state index in [1.54, 1.807) is 20.4 Å². The predicted molar refractivity (Wildman–Crippen MR) is 128 cm³/mol. The van der Waals surface area contributed by atoms with E-state index in [9.17, 15) is 4.79 Å². The van der Waals surface area contributed by atoms with Gasteiger partial charge in [0.15, 0.2) is 5.78 Å². The molecule has 0 fully saturated rings. The largest absolute Gasteiger partial charge is 0.540 e. The maximum Gasteiger partial charge on any atom is 0.155 e. The van der Waals surface area contributed by atoms with Gasteiger partial charge in [-0.15, -0.1) is 17.7 Å². The van der Waals surface area contributed by atoms with E-state index in [-0.39, 0.29) is 32.6 Å². The van der Waals surface area contributed by atoms with Crippen molar-refractivity contribution in [1.82, 2.24) is 4.98 Å². The monoisotopic (exact) mass is 627 g/mol. The van der Waals surface area contributed by atoms with Gasteiger partial charge >= 0.3 is 0 Å². The molecule has 6 heteroatoms. The number of hydrogen-bond donors (Lipinski definition) is 1. The summed E-state index contributed by atoms with van der Waals surface area (Å²) in [6.45, 7) is 9.24. The number of ether oxygens (including phenoxy) is 2. The first-order valence-electron chi connectivity index (χ1n) is 10.2. The predicted octanol–water partition coefficient (Wildman–Crippen LogP) is 6.19. The van der Waals surface area contributed by atoms with E-state index >= 15 is 0 Å². The van der Waals surface area contributed by atoms with Crippen LogP contribution in [0.3, 0.4) is 0 Å². The number of pyridine rings is 1. The number of allylic oxidation sites excluding steroid dienone is 2. The molecule has 1 heterocycles. The maximum atomic E-state index is 10.0. The minimum atomic E-state index is -0.125. The van der Waals surface area contributed by atoms with Gasteiger partial charge in [-0.2, -0.15) is 0 Å². The number of hydrogen-bond acceptors (Lipinski definition) is 5. The minimum absolute atomic E-state index is 0. The fourth-order valence-corrected chi connectivity index (χ4v) is 3.58. The number of carbonyl (C=O) groups excluding carboxylic acids is 1. The van der Waals surface area contributed by atoms with Crippen LogP contribution in [0.5, 0.6) is 11.5 Å². The van der Waals surface area contributed by atoms with Gasteiger partial charge in [0.05, 0.1) is 20.0 Å². The molecular formula is C27H30NO4Pt-. The van der Waals surface area contributed by atoms with E-state index in [2.05, 4.69) is 50.0 Å². The van der Waals surface area contributed by atoms with E-state index in [0.29, 0.717) is 0 Å². The van der Waals surface area contributed by atoms with Crippen LogP contribution in [0.25, 0.3) is 22.4 Å². The second kappa shape index (κ2) is 13.0. The molecule has 1 N–H and O–H groups in total. The number of aliphatic hydroxyl groups excluding tert-OH is 1. The Morgan fingerprint density at radius 3 is 2.09 bits per heavy atom. The van der Waals surface area contributed by atoms with E-state index in [4.69, 9.17) is 14.6 Å².